The zero-order valence-corrected chi connectivity index (χ0v) is 21.2. The highest BCUT2D eigenvalue weighted by atomic mass is 79.9. The van der Waals surface area contributed by atoms with Crippen molar-refractivity contribution < 1.29 is 28.6 Å². The van der Waals surface area contributed by atoms with E-state index in [1.807, 2.05) is 31.2 Å². The van der Waals surface area contributed by atoms with Crippen molar-refractivity contribution in [2.24, 2.45) is 0 Å². The van der Waals surface area contributed by atoms with E-state index in [0.29, 0.717) is 28.1 Å². The summed E-state index contributed by atoms with van der Waals surface area (Å²) in [4.78, 5) is 38.0. The van der Waals surface area contributed by atoms with Gasteiger partial charge in [0.1, 0.15) is 5.70 Å². The van der Waals surface area contributed by atoms with Gasteiger partial charge in [-0.1, -0.05) is 44.0 Å². The highest BCUT2D eigenvalue weighted by Crippen LogP contribution is 2.35. The molecule has 3 amide bonds. The number of nitrogens with one attached hydrogen (secondary N) is 1. The molecule has 1 N–H and O–H groups in total. The lowest BCUT2D eigenvalue weighted by molar-refractivity contribution is -0.145. The number of esters is 1. The standard InChI is InChI=1S/C23H22Br2N2O6/c1-3-31-19-10-15(17(25)11-20(19)33-13-21(28)32-4-2)9-18-22(29)27(23(30)26-18)12-14-5-7-16(24)8-6-14/h5-11H,3-4,12-13H2,1-2H3,(H,26,30)/b18-9+. The molecule has 1 fully saturated rings. The average molecular weight is 582 g/mol. The van der Waals surface area contributed by atoms with Crippen LogP contribution in [0.4, 0.5) is 4.79 Å². The number of hydrogen-bond acceptors (Lipinski definition) is 6. The molecule has 1 aliphatic rings. The maximum absolute atomic E-state index is 12.9. The number of benzene rings is 2. The van der Waals surface area contributed by atoms with E-state index in [1.165, 1.54) is 0 Å². The minimum absolute atomic E-state index is 0.139. The van der Waals surface area contributed by atoms with Gasteiger partial charge in [-0.3, -0.25) is 9.69 Å². The summed E-state index contributed by atoms with van der Waals surface area (Å²) in [6.07, 6.45) is 1.56. The van der Waals surface area contributed by atoms with Crippen LogP contribution in [0.25, 0.3) is 6.08 Å². The second-order valence-electron chi connectivity index (χ2n) is 6.85. The fourth-order valence-electron chi connectivity index (χ4n) is 3.02. The van der Waals surface area contributed by atoms with E-state index in [-0.39, 0.29) is 25.5 Å². The Hall–Kier alpha value is -2.85. The van der Waals surface area contributed by atoms with E-state index >= 15 is 0 Å². The van der Waals surface area contributed by atoms with Crippen LogP contribution < -0.4 is 14.8 Å². The van der Waals surface area contributed by atoms with Gasteiger partial charge in [0.25, 0.3) is 5.91 Å². The number of carbonyl (C=O) groups is 3. The van der Waals surface area contributed by atoms with E-state index in [0.717, 1.165) is 14.9 Å². The normalized spacial score (nSPS) is 14.4. The van der Waals surface area contributed by atoms with Crippen LogP contribution >= 0.6 is 31.9 Å². The summed E-state index contributed by atoms with van der Waals surface area (Å²) >= 11 is 6.82. The summed E-state index contributed by atoms with van der Waals surface area (Å²) < 4.78 is 17.5. The molecule has 8 nitrogen and oxygen atoms in total. The van der Waals surface area contributed by atoms with Gasteiger partial charge >= 0.3 is 12.0 Å². The van der Waals surface area contributed by atoms with Crippen molar-refractivity contribution in [1.29, 1.82) is 0 Å². The molecule has 1 aliphatic heterocycles. The lowest BCUT2D eigenvalue weighted by Gasteiger charge is -2.14. The average Bonchev–Trinajstić information content (AvgIpc) is 3.04. The van der Waals surface area contributed by atoms with E-state index < -0.39 is 17.9 Å². The molecule has 0 radical (unpaired) electrons. The van der Waals surface area contributed by atoms with Crippen LogP contribution in [-0.2, 0) is 20.9 Å². The molecular formula is C23H22Br2N2O6. The third kappa shape index (κ3) is 6.35. The SMILES string of the molecule is CCOC(=O)COc1cc(Br)c(/C=C2/NC(=O)N(Cc3ccc(Br)cc3)C2=O)cc1OCC. The van der Waals surface area contributed by atoms with Gasteiger partial charge < -0.3 is 19.5 Å². The van der Waals surface area contributed by atoms with Gasteiger partial charge in [-0.05, 0) is 55.3 Å². The second-order valence-corrected chi connectivity index (χ2v) is 8.62. The number of nitrogens with zero attached hydrogens (tertiary/aromatic N) is 1. The summed E-state index contributed by atoms with van der Waals surface area (Å²) in [5.74, 6) is -0.194. The lowest BCUT2D eigenvalue weighted by atomic mass is 10.1. The third-order valence-electron chi connectivity index (χ3n) is 4.53. The molecule has 0 spiro atoms. The molecule has 10 heteroatoms. The Bertz CT molecular complexity index is 1090. The van der Waals surface area contributed by atoms with Crippen molar-refractivity contribution in [3.8, 4) is 11.5 Å². The first-order valence-electron chi connectivity index (χ1n) is 10.2. The van der Waals surface area contributed by atoms with Crippen molar-refractivity contribution in [3.63, 3.8) is 0 Å². The van der Waals surface area contributed by atoms with Crippen molar-refractivity contribution in [3.05, 3.63) is 62.2 Å². The molecule has 33 heavy (non-hydrogen) atoms. The molecule has 0 aliphatic carbocycles. The first-order chi connectivity index (χ1) is 15.8. The molecule has 0 unspecified atom stereocenters. The second kappa shape index (κ2) is 11.3. The minimum Gasteiger partial charge on any atom is -0.490 e. The maximum atomic E-state index is 12.9. The molecule has 3 rings (SSSR count). The predicted octanol–water partition coefficient (Wildman–Crippen LogP) is 4.65. The number of imide groups is 1. The fraction of sp³-hybridized carbons (Fsp3) is 0.261. The van der Waals surface area contributed by atoms with Crippen LogP contribution in [0.1, 0.15) is 25.0 Å². The largest absolute Gasteiger partial charge is 0.490 e. The number of hydrogen-bond donors (Lipinski definition) is 1. The van der Waals surface area contributed by atoms with E-state index in [9.17, 15) is 14.4 Å². The van der Waals surface area contributed by atoms with Gasteiger partial charge in [0.05, 0.1) is 19.8 Å². The summed E-state index contributed by atoms with van der Waals surface area (Å²) in [5.41, 5.74) is 1.56. The fourth-order valence-corrected chi connectivity index (χ4v) is 3.73. The van der Waals surface area contributed by atoms with Crippen molar-refractivity contribution >= 4 is 55.8 Å². The number of urea groups is 1. The summed E-state index contributed by atoms with van der Waals surface area (Å²) in [6.45, 7) is 4.04. The number of rotatable bonds is 9. The molecular weight excluding hydrogens is 560 g/mol. The Morgan fingerprint density at radius 3 is 2.39 bits per heavy atom. The number of halogens is 2. The maximum Gasteiger partial charge on any atom is 0.344 e. The van der Waals surface area contributed by atoms with Crippen LogP contribution in [-0.4, -0.2) is 42.6 Å². The zero-order chi connectivity index (χ0) is 24.0. The number of carbonyl (C=O) groups excluding carboxylic acids is 3. The van der Waals surface area contributed by atoms with E-state index in [1.54, 1.807) is 25.1 Å². The summed E-state index contributed by atoms with van der Waals surface area (Å²) in [7, 11) is 0. The molecule has 0 atom stereocenters. The van der Waals surface area contributed by atoms with Gasteiger partial charge in [-0.2, -0.15) is 0 Å². The molecule has 1 saturated heterocycles. The van der Waals surface area contributed by atoms with Gasteiger partial charge in [0.2, 0.25) is 0 Å². The predicted molar refractivity (Wildman–Crippen MR) is 129 cm³/mol. The molecule has 0 aromatic heterocycles. The van der Waals surface area contributed by atoms with Crippen LogP contribution in [0.2, 0.25) is 0 Å². The Morgan fingerprint density at radius 2 is 1.73 bits per heavy atom. The molecule has 1 heterocycles. The van der Waals surface area contributed by atoms with Crippen LogP contribution in [0.15, 0.2) is 51.0 Å². The first kappa shape index (κ1) is 24.8. The van der Waals surface area contributed by atoms with Crippen molar-refractivity contribution in [2.45, 2.75) is 20.4 Å². The molecule has 2 aromatic carbocycles. The van der Waals surface area contributed by atoms with Crippen molar-refractivity contribution in [2.75, 3.05) is 19.8 Å². The molecule has 0 saturated carbocycles. The molecule has 0 bridgehead atoms. The molecule has 2 aromatic rings. The van der Waals surface area contributed by atoms with E-state index in [2.05, 4.69) is 37.2 Å². The smallest absolute Gasteiger partial charge is 0.344 e. The van der Waals surface area contributed by atoms with Crippen LogP contribution in [0.5, 0.6) is 11.5 Å². The van der Waals surface area contributed by atoms with E-state index in [4.69, 9.17) is 14.2 Å². The summed E-state index contributed by atoms with van der Waals surface area (Å²) in [6, 6.07) is 10.2. The highest BCUT2D eigenvalue weighted by Gasteiger charge is 2.33. The topological polar surface area (TPSA) is 94.2 Å². The Balaban J connectivity index is 1.81. The van der Waals surface area contributed by atoms with Gasteiger partial charge in [-0.25, -0.2) is 9.59 Å². The van der Waals surface area contributed by atoms with Crippen molar-refractivity contribution in [1.82, 2.24) is 10.2 Å². The van der Waals surface area contributed by atoms with Crippen LogP contribution in [0.3, 0.4) is 0 Å². The zero-order valence-electron chi connectivity index (χ0n) is 18.0. The monoisotopic (exact) mass is 580 g/mol. The summed E-state index contributed by atoms with van der Waals surface area (Å²) in [5, 5.41) is 2.62. The Kier molecular flexibility index (Phi) is 8.51. The highest BCUT2D eigenvalue weighted by molar-refractivity contribution is 9.10. The number of ether oxygens (including phenoxy) is 3. The first-order valence-corrected chi connectivity index (χ1v) is 11.7. The van der Waals surface area contributed by atoms with Gasteiger partial charge in [0, 0.05) is 8.95 Å². The Morgan fingerprint density at radius 1 is 1.03 bits per heavy atom. The lowest BCUT2D eigenvalue weighted by Crippen LogP contribution is -2.30. The van der Waals surface area contributed by atoms with Gasteiger partial charge in [-0.15, -0.1) is 0 Å². The third-order valence-corrected chi connectivity index (χ3v) is 5.75. The minimum atomic E-state index is -0.496. The Labute approximate surface area is 208 Å². The number of amides is 3. The van der Waals surface area contributed by atoms with Crippen LogP contribution in [0, 0.1) is 0 Å². The van der Waals surface area contributed by atoms with Gasteiger partial charge in [0.15, 0.2) is 18.1 Å². The molecule has 174 valence electrons. The quantitative estimate of drug-likeness (QED) is 0.263.